The Morgan fingerprint density at radius 2 is 1.85 bits per heavy atom. The molecule has 1 amide bonds. The van der Waals surface area contributed by atoms with Gasteiger partial charge in [0, 0.05) is 12.1 Å². The standard InChI is InChI=1S/C19H24N4O3/c1-25-14-8-10-17(26-2)16(12-14)21-18-11-9-15(22-23-18)19(24)20-13-6-4-3-5-7-13/h8-13H,3-7H2,1-2H3,(H,20,24)(H,21,23). The maximum Gasteiger partial charge on any atom is 0.272 e. The van der Waals surface area contributed by atoms with Crippen molar-refractivity contribution in [3.05, 3.63) is 36.0 Å². The van der Waals surface area contributed by atoms with Crippen molar-refractivity contribution in [3.8, 4) is 11.5 Å². The van der Waals surface area contributed by atoms with Gasteiger partial charge in [0.25, 0.3) is 5.91 Å². The largest absolute Gasteiger partial charge is 0.497 e. The molecule has 1 aliphatic rings. The second kappa shape index (κ2) is 8.51. The predicted molar refractivity (Wildman–Crippen MR) is 99.2 cm³/mol. The Morgan fingerprint density at radius 3 is 2.50 bits per heavy atom. The van der Waals surface area contributed by atoms with Gasteiger partial charge in [0.05, 0.1) is 19.9 Å². The highest BCUT2D eigenvalue weighted by Gasteiger charge is 2.17. The molecule has 3 rings (SSSR count). The third-order valence-electron chi connectivity index (χ3n) is 4.51. The van der Waals surface area contributed by atoms with E-state index in [9.17, 15) is 4.79 Å². The molecule has 0 saturated heterocycles. The summed E-state index contributed by atoms with van der Waals surface area (Å²) in [5.74, 6) is 1.71. The highest BCUT2D eigenvalue weighted by Crippen LogP contribution is 2.30. The summed E-state index contributed by atoms with van der Waals surface area (Å²) in [5, 5.41) is 14.3. The average Bonchev–Trinajstić information content (AvgIpc) is 2.69. The molecule has 7 nitrogen and oxygen atoms in total. The molecule has 1 aromatic heterocycles. The van der Waals surface area contributed by atoms with E-state index in [1.165, 1.54) is 19.3 Å². The van der Waals surface area contributed by atoms with Gasteiger partial charge in [-0.15, -0.1) is 10.2 Å². The lowest BCUT2D eigenvalue weighted by Crippen LogP contribution is -2.36. The van der Waals surface area contributed by atoms with E-state index < -0.39 is 0 Å². The fourth-order valence-corrected chi connectivity index (χ4v) is 3.08. The molecule has 0 spiro atoms. The van der Waals surface area contributed by atoms with Crippen molar-refractivity contribution >= 4 is 17.4 Å². The van der Waals surface area contributed by atoms with Gasteiger partial charge in [-0.25, -0.2) is 0 Å². The molecule has 2 aromatic rings. The quantitative estimate of drug-likeness (QED) is 0.826. The zero-order valence-corrected chi connectivity index (χ0v) is 15.1. The molecular weight excluding hydrogens is 332 g/mol. The first-order chi connectivity index (χ1) is 12.7. The van der Waals surface area contributed by atoms with E-state index in [-0.39, 0.29) is 11.9 Å². The van der Waals surface area contributed by atoms with Gasteiger partial charge in [0.1, 0.15) is 11.5 Å². The Balaban J connectivity index is 1.66. The minimum Gasteiger partial charge on any atom is -0.497 e. The van der Waals surface area contributed by atoms with Crippen LogP contribution in [0.3, 0.4) is 0 Å². The second-order valence-corrected chi connectivity index (χ2v) is 6.30. The maximum absolute atomic E-state index is 12.3. The lowest BCUT2D eigenvalue weighted by atomic mass is 9.95. The molecule has 1 aliphatic carbocycles. The number of amides is 1. The first-order valence-electron chi connectivity index (χ1n) is 8.83. The number of carbonyl (C=O) groups excluding carboxylic acids is 1. The number of ether oxygens (including phenoxy) is 2. The predicted octanol–water partition coefficient (Wildman–Crippen LogP) is 3.30. The molecule has 138 valence electrons. The van der Waals surface area contributed by atoms with Crippen LogP contribution in [0.25, 0.3) is 0 Å². The molecular formula is C19H24N4O3. The second-order valence-electron chi connectivity index (χ2n) is 6.30. The molecule has 0 bridgehead atoms. The number of hydrogen-bond acceptors (Lipinski definition) is 6. The summed E-state index contributed by atoms with van der Waals surface area (Å²) in [6, 6.07) is 9.07. The normalized spacial score (nSPS) is 14.5. The van der Waals surface area contributed by atoms with Gasteiger partial charge < -0.3 is 20.1 Å². The van der Waals surface area contributed by atoms with E-state index in [0.29, 0.717) is 28.7 Å². The molecule has 0 aliphatic heterocycles. The van der Waals surface area contributed by atoms with Gasteiger partial charge in [-0.3, -0.25) is 4.79 Å². The van der Waals surface area contributed by atoms with Crippen molar-refractivity contribution in [2.24, 2.45) is 0 Å². The summed E-state index contributed by atoms with van der Waals surface area (Å²) >= 11 is 0. The van der Waals surface area contributed by atoms with E-state index in [0.717, 1.165) is 12.8 Å². The van der Waals surface area contributed by atoms with Crippen LogP contribution in [0.4, 0.5) is 11.5 Å². The summed E-state index contributed by atoms with van der Waals surface area (Å²) in [4.78, 5) is 12.3. The topological polar surface area (TPSA) is 85.4 Å². The number of benzene rings is 1. The number of carbonyl (C=O) groups is 1. The fraction of sp³-hybridized carbons (Fsp3) is 0.421. The van der Waals surface area contributed by atoms with Crippen molar-refractivity contribution in [3.63, 3.8) is 0 Å². The molecule has 7 heteroatoms. The van der Waals surface area contributed by atoms with Crippen molar-refractivity contribution in [2.45, 2.75) is 38.1 Å². The highest BCUT2D eigenvalue weighted by molar-refractivity contribution is 5.92. The minimum absolute atomic E-state index is 0.171. The minimum atomic E-state index is -0.171. The molecule has 1 heterocycles. The first kappa shape index (κ1) is 18.0. The van der Waals surface area contributed by atoms with Crippen LogP contribution in [0.5, 0.6) is 11.5 Å². The average molecular weight is 356 g/mol. The van der Waals surface area contributed by atoms with E-state index in [1.807, 2.05) is 12.1 Å². The Labute approximate surface area is 153 Å². The van der Waals surface area contributed by atoms with Crippen LogP contribution in [0.2, 0.25) is 0 Å². The molecule has 0 unspecified atom stereocenters. The number of anilines is 2. The molecule has 0 radical (unpaired) electrons. The van der Waals surface area contributed by atoms with Crippen LogP contribution < -0.4 is 20.1 Å². The third-order valence-corrected chi connectivity index (χ3v) is 4.51. The Morgan fingerprint density at radius 1 is 1.04 bits per heavy atom. The Hall–Kier alpha value is -2.83. The van der Waals surface area contributed by atoms with Crippen molar-refractivity contribution < 1.29 is 14.3 Å². The van der Waals surface area contributed by atoms with Crippen LogP contribution in [-0.2, 0) is 0 Å². The summed E-state index contributed by atoms with van der Waals surface area (Å²) in [5.41, 5.74) is 1.03. The SMILES string of the molecule is COc1ccc(OC)c(Nc2ccc(C(=O)NC3CCCCC3)nn2)c1. The number of hydrogen-bond donors (Lipinski definition) is 2. The molecule has 2 N–H and O–H groups in total. The van der Waals surface area contributed by atoms with Gasteiger partial charge in [-0.05, 0) is 37.1 Å². The monoisotopic (exact) mass is 356 g/mol. The van der Waals surface area contributed by atoms with Crippen LogP contribution in [0.1, 0.15) is 42.6 Å². The van der Waals surface area contributed by atoms with Crippen LogP contribution in [0, 0.1) is 0 Å². The zero-order chi connectivity index (χ0) is 18.4. The van der Waals surface area contributed by atoms with Gasteiger partial charge in [0.15, 0.2) is 11.5 Å². The molecule has 1 saturated carbocycles. The summed E-state index contributed by atoms with van der Waals surface area (Å²) in [6.45, 7) is 0. The lowest BCUT2D eigenvalue weighted by molar-refractivity contribution is 0.0921. The summed E-state index contributed by atoms with van der Waals surface area (Å²) in [6.07, 6.45) is 5.66. The summed E-state index contributed by atoms with van der Waals surface area (Å²) in [7, 11) is 3.20. The van der Waals surface area contributed by atoms with E-state index in [2.05, 4.69) is 20.8 Å². The molecule has 1 aromatic carbocycles. The number of aromatic nitrogens is 2. The maximum atomic E-state index is 12.3. The van der Waals surface area contributed by atoms with E-state index >= 15 is 0 Å². The fourth-order valence-electron chi connectivity index (χ4n) is 3.08. The number of nitrogens with zero attached hydrogens (tertiary/aromatic N) is 2. The number of methoxy groups -OCH3 is 2. The van der Waals surface area contributed by atoms with Gasteiger partial charge in [-0.2, -0.15) is 0 Å². The zero-order valence-electron chi connectivity index (χ0n) is 15.1. The number of rotatable bonds is 6. The van der Waals surface area contributed by atoms with Crippen molar-refractivity contribution in [1.29, 1.82) is 0 Å². The van der Waals surface area contributed by atoms with Gasteiger partial charge >= 0.3 is 0 Å². The molecule has 0 atom stereocenters. The number of nitrogens with one attached hydrogen (secondary N) is 2. The highest BCUT2D eigenvalue weighted by atomic mass is 16.5. The molecule has 1 fully saturated rings. The Bertz CT molecular complexity index is 743. The van der Waals surface area contributed by atoms with Crippen LogP contribution in [0.15, 0.2) is 30.3 Å². The molecule has 26 heavy (non-hydrogen) atoms. The Kier molecular flexibility index (Phi) is 5.88. The summed E-state index contributed by atoms with van der Waals surface area (Å²) < 4.78 is 10.6. The smallest absolute Gasteiger partial charge is 0.272 e. The first-order valence-corrected chi connectivity index (χ1v) is 8.83. The van der Waals surface area contributed by atoms with Crippen LogP contribution >= 0.6 is 0 Å². The van der Waals surface area contributed by atoms with Gasteiger partial charge in [0.2, 0.25) is 0 Å². The van der Waals surface area contributed by atoms with Crippen LogP contribution in [-0.4, -0.2) is 36.4 Å². The van der Waals surface area contributed by atoms with Crippen molar-refractivity contribution in [2.75, 3.05) is 19.5 Å². The van der Waals surface area contributed by atoms with E-state index in [1.54, 1.807) is 32.4 Å². The van der Waals surface area contributed by atoms with Gasteiger partial charge in [-0.1, -0.05) is 19.3 Å². The third kappa shape index (κ3) is 4.41. The lowest BCUT2D eigenvalue weighted by Gasteiger charge is -2.22. The van der Waals surface area contributed by atoms with E-state index in [4.69, 9.17) is 9.47 Å². The van der Waals surface area contributed by atoms with Crippen molar-refractivity contribution in [1.82, 2.24) is 15.5 Å².